The highest BCUT2D eigenvalue weighted by atomic mass is 79.9. The molecule has 196 valence electrons. The average molecular weight is 595 g/mol. The molecule has 0 radical (unpaired) electrons. The fraction of sp³-hybridized carbons (Fsp3) is 0.318. The van der Waals surface area contributed by atoms with Gasteiger partial charge in [0.15, 0.2) is 5.78 Å². The van der Waals surface area contributed by atoms with Gasteiger partial charge in [0.05, 0.1) is 24.3 Å². The molecule has 4 rings (SSSR count). The highest BCUT2D eigenvalue weighted by Gasteiger charge is 2.42. The van der Waals surface area contributed by atoms with Crippen molar-refractivity contribution >= 4 is 43.6 Å². The molecule has 4 atom stereocenters. The van der Waals surface area contributed by atoms with Crippen molar-refractivity contribution in [2.24, 2.45) is 11.1 Å². The average Bonchev–Trinajstić information content (AvgIpc) is 3.42. The molecule has 0 amide bonds. The predicted octanol–water partition coefficient (Wildman–Crippen LogP) is 0.292. The van der Waals surface area contributed by atoms with E-state index < -0.39 is 46.9 Å². The number of benzene rings is 1. The molecule has 0 unspecified atom stereocenters. The van der Waals surface area contributed by atoms with Crippen molar-refractivity contribution in [3.63, 3.8) is 0 Å². The molecule has 13 nitrogen and oxygen atoms in total. The zero-order valence-electron chi connectivity index (χ0n) is 19.1. The molecule has 2 aromatic heterocycles. The van der Waals surface area contributed by atoms with Crippen molar-refractivity contribution in [2.75, 3.05) is 11.9 Å². The summed E-state index contributed by atoms with van der Waals surface area (Å²) in [6, 6.07) is 7.61. The number of aliphatic hydroxyl groups is 2. The maximum absolute atomic E-state index is 13.2. The van der Waals surface area contributed by atoms with E-state index in [0.717, 1.165) is 4.47 Å². The second kappa shape index (κ2) is 11.1. The Kier molecular flexibility index (Phi) is 8.11. The van der Waals surface area contributed by atoms with Crippen molar-refractivity contribution in [1.82, 2.24) is 19.7 Å². The third-order valence-corrected chi connectivity index (χ3v) is 6.81. The molecule has 1 aliphatic carbocycles. The SMILES string of the molecule is NS(=O)(=O)OC[C@H]1C[C@@H](Nc2ncncc2C(=O)c2ccn(CC(=O)c3cccc(Br)c3)n2)[C@H](O)[C@@H]1O. The number of aliphatic hydroxyl groups excluding tert-OH is 2. The zero-order chi connectivity index (χ0) is 26.7. The number of halogens is 1. The normalized spacial score (nSPS) is 21.6. The first kappa shape index (κ1) is 27.0. The number of nitrogens with zero attached hydrogens (tertiary/aromatic N) is 4. The number of carbonyl (C=O) groups is 2. The van der Waals surface area contributed by atoms with E-state index in [-0.39, 0.29) is 35.8 Å². The van der Waals surface area contributed by atoms with Crippen LogP contribution in [0.1, 0.15) is 32.8 Å². The number of hydrogen-bond acceptors (Lipinski definition) is 11. The van der Waals surface area contributed by atoms with Gasteiger partial charge >= 0.3 is 10.3 Å². The van der Waals surface area contributed by atoms with Crippen LogP contribution in [0.4, 0.5) is 5.82 Å². The van der Waals surface area contributed by atoms with Gasteiger partial charge in [0.2, 0.25) is 5.78 Å². The van der Waals surface area contributed by atoms with Gasteiger partial charge < -0.3 is 15.5 Å². The molecule has 15 heteroatoms. The van der Waals surface area contributed by atoms with E-state index in [0.29, 0.717) is 5.56 Å². The minimum Gasteiger partial charge on any atom is -0.390 e. The number of ketones is 2. The van der Waals surface area contributed by atoms with Gasteiger partial charge in [0, 0.05) is 28.3 Å². The Labute approximate surface area is 220 Å². The first-order valence-corrected chi connectivity index (χ1v) is 13.2. The molecule has 5 N–H and O–H groups in total. The molecule has 1 fully saturated rings. The van der Waals surface area contributed by atoms with Crippen molar-refractivity contribution < 1.29 is 32.4 Å². The standard InChI is InChI=1S/C22H23BrN6O7S/c23-14-3-1-2-12(6-14)18(30)9-29-5-4-16(28-29)20(32)15-8-25-11-26-22(15)27-17-7-13(19(31)21(17)33)10-36-37(24,34)35/h1-6,8,11,13,17,19,21,31,33H,7,9-10H2,(H2,24,34,35)(H,25,26,27)/t13-,17-,19-,21+/m1/s1. The highest BCUT2D eigenvalue weighted by molar-refractivity contribution is 9.10. The summed E-state index contributed by atoms with van der Waals surface area (Å²) in [6.45, 7) is -0.491. The lowest BCUT2D eigenvalue weighted by atomic mass is 10.1. The quantitative estimate of drug-likeness (QED) is 0.235. The second-order valence-corrected chi connectivity index (χ2v) is 10.6. The lowest BCUT2D eigenvalue weighted by molar-refractivity contribution is 0.00778. The Hall–Kier alpha value is -3.08. The first-order chi connectivity index (χ1) is 17.5. The maximum Gasteiger partial charge on any atom is 0.333 e. The summed E-state index contributed by atoms with van der Waals surface area (Å²) >= 11 is 3.33. The van der Waals surface area contributed by atoms with Crippen LogP contribution >= 0.6 is 15.9 Å². The van der Waals surface area contributed by atoms with Gasteiger partial charge in [-0.2, -0.15) is 13.5 Å². The van der Waals surface area contributed by atoms with Crippen LogP contribution in [0.2, 0.25) is 0 Å². The molecule has 0 bridgehead atoms. The smallest absolute Gasteiger partial charge is 0.333 e. The third kappa shape index (κ3) is 6.63. The summed E-state index contributed by atoms with van der Waals surface area (Å²) in [5.74, 6) is -1.36. The molecule has 2 heterocycles. The van der Waals surface area contributed by atoms with E-state index in [1.54, 1.807) is 24.3 Å². The Balaban J connectivity index is 1.46. The summed E-state index contributed by atoms with van der Waals surface area (Å²) < 4.78 is 28.8. The number of hydrogen-bond donors (Lipinski definition) is 4. The van der Waals surface area contributed by atoms with Crippen molar-refractivity contribution in [3.05, 3.63) is 70.3 Å². The van der Waals surface area contributed by atoms with Crippen molar-refractivity contribution in [1.29, 1.82) is 0 Å². The Morgan fingerprint density at radius 2 is 2.03 bits per heavy atom. The monoisotopic (exact) mass is 594 g/mol. The first-order valence-electron chi connectivity index (χ1n) is 11.0. The number of carbonyl (C=O) groups excluding carboxylic acids is 2. The number of anilines is 1. The molecule has 0 saturated heterocycles. The lowest BCUT2D eigenvalue weighted by Gasteiger charge is -2.19. The van der Waals surface area contributed by atoms with Gasteiger partial charge in [0.1, 0.15) is 30.5 Å². The Morgan fingerprint density at radius 1 is 1.24 bits per heavy atom. The zero-order valence-corrected chi connectivity index (χ0v) is 21.5. The minimum atomic E-state index is -4.21. The van der Waals surface area contributed by atoms with Crippen LogP contribution in [-0.2, 0) is 21.0 Å². The Bertz CT molecular complexity index is 1420. The molecular weight excluding hydrogens is 572 g/mol. The summed E-state index contributed by atoms with van der Waals surface area (Å²) in [4.78, 5) is 33.7. The molecule has 1 aromatic carbocycles. The minimum absolute atomic E-state index is 0.0475. The fourth-order valence-electron chi connectivity index (χ4n) is 4.01. The van der Waals surface area contributed by atoms with Gasteiger partial charge in [-0.25, -0.2) is 15.1 Å². The van der Waals surface area contributed by atoms with Crippen LogP contribution < -0.4 is 10.5 Å². The topological polar surface area (TPSA) is 200 Å². The third-order valence-electron chi connectivity index (χ3n) is 5.85. The number of rotatable bonds is 10. The molecule has 1 aliphatic rings. The summed E-state index contributed by atoms with van der Waals surface area (Å²) in [5, 5.41) is 32.7. The van der Waals surface area contributed by atoms with E-state index in [4.69, 9.17) is 5.14 Å². The number of nitrogens with two attached hydrogens (primary N) is 1. The maximum atomic E-state index is 13.2. The fourth-order valence-corrected chi connectivity index (χ4v) is 4.77. The largest absolute Gasteiger partial charge is 0.390 e. The van der Waals surface area contributed by atoms with Gasteiger partial charge in [-0.05, 0) is 24.6 Å². The molecule has 0 spiro atoms. The van der Waals surface area contributed by atoms with Crippen LogP contribution in [0.25, 0.3) is 0 Å². The van der Waals surface area contributed by atoms with Gasteiger partial charge in [0.25, 0.3) is 0 Å². The van der Waals surface area contributed by atoms with Crippen LogP contribution in [0, 0.1) is 5.92 Å². The molecule has 37 heavy (non-hydrogen) atoms. The van der Waals surface area contributed by atoms with Crippen LogP contribution in [0.3, 0.4) is 0 Å². The van der Waals surface area contributed by atoms with Crippen molar-refractivity contribution in [3.8, 4) is 0 Å². The number of aromatic nitrogens is 4. The van der Waals surface area contributed by atoms with E-state index in [9.17, 15) is 28.2 Å². The second-order valence-electron chi connectivity index (χ2n) is 8.45. The molecule has 1 saturated carbocycles. The number of Topliss-reactive ketones (excluding diaryl/α,β-unsaturated/α-hetero) is 1. The van der Waals surface area contributed by atoms with Crippen LogP contribution in [0.15, 0.2) is 53.5 Å². The molecule has 3 aromatic rings. The van der Waals surface area contributed by atoms with Crippen LogP contribution in [0.5, 0.6) is 0 Å². The summed E-state index contributed by atoms with van der Waals surface area (Å²) in [7, 11) is -4.21. The van der Waals surface area contributed by atoms with E-state index in [2.05, 4.69) is 40.5 Å². The highest BCUT2D eigenvalue weighted by Crippen LogP contribution is 2.30. The van der Waals surface area contributed by atoms with Gasteiger partial charge in [-0.1, -0.05) is 28.1 Å². The summed E-state index contributed by atoms with van der Waals surface area (Å²) in [5.41, 5.74) is 0.592. The lowest BCUT2D eigenvalue weighted by Crippen LogP contribution is -2.36. The van der Waals surface area contributed by atoms with Gasteiger partial charge in [-0.15, -0.1) is 0 Å². The van der Waals surface area contributed by atoms with E-state index in [1.165, 1.54) is 29.5 Å². The molecule has 0 aliphatic heterocycles. The summed E-state index contributed by atoms with van der Waals surface area (Å²) in [6.07, 6.45) is 1.51. The molecular formula is C22H23BrN6O7S. The van der Waals surface area contributed by atoms with Crippen molar-refractivity contribution in [2.45, 2.75) is 31.2 Å². The van der Waals surface area contributed by atoms with Crippen LogP contribution in [-0.4, -0.2) is 74.8 Å². The van der Waals surface area contributed by atoms with E-state index >= 15 is 0 Å². The predicted molar refractivity (Wildman–Crippen MR) is 133 cm³/mol. The number of nitrogens with one attached hydrogen (secondary N) is 1. The van der Waals surface area contributed by atoms with E-state index in [1.807, 2.05) is 0 Å². The van der Waals surface area contributed by atoms with Gasteiger partial charge in [-0.3, -0.25) is 18.5 Å². The Morgan fingerprint density at radius 3 is 2.76 bits per heavy atom.